The summed E-state index contributed by atoms with van der Waals surface area (Å²) in [6, 6.07) is 7.01. The number of amides is 1. The third kappa shape index (κ3) is 5.02. The van der Waals surface area contributed by atoms with Gasteiger partial charge in [-0.1, -0.05) is 19.1 Å². The summed E-state index contributed by atoms with van der Waals surface area (Å²) < 4.78 is 41.7. The molecule has 1 unspecified atom stereocenters. The number of hydrogen-bond acceptors (Lipinski definition) is 6. The van der Waals surface area contributed by atoms with Crippen LogP contribution in [-0.2, 0) is 11.2 Å². The SMILES string of the molecule is CC(Cc1ccc(OC(F)(F)F)cc1)C(=O)Nc1ncnn1-c1ncccn1. The lowest BCUT2D eigenvalue weighted by Crippen LogP contribution is -2.24. The van der Waals surface area contributed by atoms with Crippen LogP contribution in [0.25, 0.3) is 5.95 Å². The first kappa shape index (κ1) is 19.3. The van der Waals surface area contributed by atoms with Crippen molar-refractivity contribution in [3.63, 3.8) is 0 Å². The fourth-order valence-corrected chi connectivity index (χ4v) is 2.38. The highest BCUT2D eigenvalue weighted by molar-refractivity contribution is 5.91. The third-order valence-electron chi connectivity index (χ3n) is 3.67. The molecule has 1 N–H and O–H groups in total. The van der Waals surface area contributed by atoms with Crippen molar-refractivity contribution in [2.45, 2.75) is 19.7 Å². The predicted molar refractivity (Wildman–Crippen MR) is 91.6 cm³/mol. The lowest BCUT2D eigenvalue weighted by molar-refractivity contribution is -0.274. The van der Waals surface area contributed by atoms with E-state index >= 15 is 0 Å². The standard InChI is InChI=1S/C17H15F3N6O2/c1-11(9-12-3-5-13(6-4-12)28-17(18,19)20)14(27)25-16-23-10-24-26(16)15-21-7-2-8-22-15/h2-8,10-11H,9H2,1H3,(H,23,24,25,27). The average Bonchev–Trinajstić information content (AvgIpc) is 3.11. The van der Waals surface area contributed by atoms with Crippen molar-refractivity contribution in [3.05, 3.63) is 54.6 Å². The van der Waals surface area contributed by atoms with Crippen LogP contribution in [0.3, 0.4) is 0 Å². The molecule has 3 rings (SSSR count). The minimum Gasteiger partial charge on any atom is -0.406 e. The summed E-state index contributed by atoms with van der Waals surface area (Å²) in [5.41, 5.74) is 0.685. The van der Waals surface area contributed by atoms with Gasteiger partial charge in [0, 0.05) is 18.3 Å². The number of carbonyl (C=O) groups is 1. The number of aromatic nitrogens is 5. The van der Waals surface area contributed by atoms with Crippen LogP contribution in [0.5, 0.6) is 5.75 Å². The van der Waals surface area contributed by atoms with E-state index in [-0.39, 0.29) is 23.6 Å². The molecule has 0 bridgehead atoms. The number of carbonyl (C=O) groups excluding carboxylic acids is 1. The Bertz CT molecular complexity index is 928. The smallest absolute Gasteiger partial charge is 0.406 e. The van der Waals surface area contributed by atoms with E-state index in [0.29, 0.717) is 12.0 Å². The zero-order valence-electron chi connectivity index (χ0n) is 14.6. The van der Waals surface area contributed by atoms with Gasteiger partial charge >= 0.3 is 6.36 Å². The maximum atomic E-state index is 12.4. The Morgan fingerprint density at radius 2 is 1.86 bits per heavy atom. The lowest BCUT2D eigenvalue weighted by Gasteiger charge is -2.13. The van der Waals surface area contributed by atoms with Crippen LogP contribution < -0.4 is 10.1 Å². The number of halogens is 3. The molecule has 2 heterocycles. The molecule has 0 fully saturated rings. The van der Waals surface area contributed by atoms with E-state index in [9.17, 15) is 18.0 Å². The molecular weight excluding hydrogens is 377 g/mol. The molecule has 0 saturated heterocycles. The first-order valence-corrected chi connectivity index (χ1v) is 8.15. The Labute approximate surface area is 157 Å². The highest BCUT2D eigenvalue weighted by Gasteiger charge is 2.31. The summed E-state index contributed by atoms with van der Waals surface area (Å²) in [6.45, 7) is 1.69. The molecule has 1 atom stereocenters. The quantitative estimate of drug-likeness (QED) is 0.693. The summed E-state index contributed by atoms with van der Waals surface area (Å²) in [5.74, 6) is -0.707. The number of benzene rings is 1. The Morgan fingerprint density at radius 1 is 1.18 bits per heavy atom. The van der Waals surface area contributed by atoms with E-state index in [1.165, 1.54) is 47.7 Å². The van der Waals surface area contributed by atoms with Gasteiger partial charge in [-0.05, 0) is 30.2 Å². The monoisotopic (exact) mass is 392 g/mol. The van der Waals surface area contributed by atoms with Crippen molar-refractivity contribution in [2.75, 3.05) is 5.32 Å². The number of nitrogens with zero attached hydrogens (tertiary/aromatic N) is 5. The van der Waals surface area contributed by atoms with Gasteiger partial charge in [0.1, 0.15) is 12.1 Å². The first-order valence-electron chi connectivity index (χ1n) is 8.15. The Morgan fingerprint density at radius 3 is 2.50 bits per heavy atom. The molecule has 0 aliphatic heterocycles. The van der Waals surface area contributed by atoms with E-state index in [4.69, 9.17) is 0 Å². The summed E-state index contributed by atoms with van der Waals surface area (Å²) in [7, 11) is 0. The second kappa shape index (κ2) is 8.03. The van der Waals surface area contributed by atoms with Crippen molar-refractivity contribution in [1.29, 1.82) is 0 Å². The molecule has 28 heavy (non-hydrogen) atoms. The first-order chi connectivity index (χ1) is 13.3. The second-order valence-electron chi connectivity index (χ2n) is 5.83. The number of rotatable bonds is 6. The van der Waals surface area contributed by atoms with E-state index in [2.05, 4.69) is 30.1 Å². The van der Waals surface area contributed by atoms with Crippen molar-refractivity contribution >= 4 is 11.9 Å². The summed E-state index contributed by atoms with van der Waals surface area (Å²) in [4.78, 5) is 24.5. The van der Waals surface area contributed by atoms with Crippen LogP contribution in [0, 0.1) is 5.92 Å². The number of nitrogens with one attached hydrogen (secondary N) is 1. The van der Waals surface area contributed by atoms with Gasteiger partial charge in [0.15, 0.2) is 0 Å². The molecule has 0 aliphatic carbocycles. The van der Waals surface area contributed by atoms with Crippen LogP contribution in [0.4, 0.5) is 19.1 Å². The van der Waals surface area contributed by atoms with Crippen LogP contribution in [0.1, 0.15) is 12.5 Å². The Kier molecular flexibility index (Phi) is 5.52. The number of alkyl halides is 3. The topological polar surface area (TPSA) is 94.8 Å². The van der Waals surface area contributed by atoms with Gasteiger partial charge in [0.05, 0.1) is 0 Å². The molecule has 11 heteroatoms. The zero-order valence-corrected chi connectivity index (χ0v) is 14.6. The highest BCUT2D eigenvalue weighted by Crippen LogP contribution is 2.23. The summed E-state index contributed by atoms with van der Waals surface area (Å²) >= 11 is 0. The fraction of sp³-hybridized carbons (Fsp3) is 0.235. The van der Waals surface area contributed by atoms with Crippen LogP contribution >= 0.6 is 0 Å². The molecular formula is C17H15F3N6O2. The van der Waals surface area contributed by atoms with Gasteiger partial charge in [-0.3, -0.25) is 10.1 Å². The average molecular weight is 392 g/mol. The van der Waals surface area contributed by atoms with Gasteiger partial charge in [0.25, 0.3) is 5.95 Å². The van der Waals surface area contributed by atoms with Crippen molar-refractivity contribution in [3.8, 4) is 11.7 Å². The molecule has 0 aliphatic rings. The van der Waals surface area contributed by atoms with Crippen molar-refractivity contribution in [1.82, 2.24) is 24.7 Å². The predicted octanol–water partition coefficient (Wildman–Crippen LogP) is 2.77. The van der Waals surface area contributed by atoms with Crippen LogP contribution in [-0.4, -0.2) is 37.0 Å². The second-order valence-corrected chi connectivity index (χ2v) is 5.83. The minimum absolute atomic E-state index is 0.164. The van der Waals surface area contributed by atoms with Crippen molar-refractivity contribution < 1.29 is 22.7 Å². The molecule has 1 aromatic carbocycles. The van der Waals surface area contributed by atoms with Crippen LogP contribution in [0.15, 0.2) is 49.1 Å². The zero-order chi connectivity index (χ0) is 20.1. The third-order valence-corrected chi connectivity index (χ3v) is 3.67. The lowest BCUT2D eigenvalue weighted by atomic mass is 10.0. The summed E-state index contributed by atoms with van der Waals surface area (Å²) in [6.07, 6.45) is -0.105. The van der Waals surface area contributed by atoms with E-state index in [0.717, 1.165) is 0 Å². The van der Waals surface area contributed by atoms with Gasteiger partial charge in [-0.2, -0.15) is 14.8 Å². The minimum atomic E-state index is -4.74. The van der Waals surface area contributed by atoms with Gasteiger partial charge < -0.3 is 4.74 Å². The number of anilines is 1. The maximum Gasteiger partial charge on any atom is 0.573 e. The largest absolute Gasteiger partial charge is 0.573 e. The molecule has 0 spiro atoms. The highest BCUT2D eigenvalue weighted by atomic mass is 19.4. The summed E-state index contributed by atoms with van der Waals surface area (Å²) in [5, 5.41) is 6.63. The fourth-order valence-electron chi connectivity index (χ4n) is 2.38. The van der Waals surface area contributed by atoms with Gasteiger partial charge in [0.2, 0.25) is 11.9 Å². The van der Waals surface area contributed by atoms with E-state index in [1.54, 1.807) is 13.0 Å². The Hall–Kier alpha value is -3.50. The molecule has 146 valence electrons. The number of hydrogen-bond donors (Lipinski definition) is 1. The molecule has 2 aromatic heterocycles. The molecule has 0 radical (unpaired) electrons. The number of ether oxygens (including phenoxy) is 1. The van der Waals surface area contributed by atoms with Crippen molar-refractivity contribution in [2.24, 2.45) is 5.92 Å². The molecule has 0 saturated carbocycles. The normalized spacial score (nSPS) is 12.4. The Balaban J connectivity index is 1.62. The molecule has 8 nitrogen and oxygen atoms in total. The maximum absolute atomic E-state index is 12.4. The van der Waals surface area contributed by atoms with E-state index in [1.807, 2.05) is 0 Å². The molecule has 1 amide bonds. The van der Waals surface area contributed by atoms with Crippen LogP contribution in [0.2, 0.25) is 0 Å². The van der Waals surface area contributed by atoms with Gasteiger partial charge in [-0.25, -0.2) is 9.97 Å². The molecule has 3 aromatic rings. The van der Waals surface area contributed by atoms with E-state index < -0.39 is 12.3 Å². The van der Waals surface area contributed by atoms with Gasteiger partial charge in [-0.15, -0.1) is 13.2 Å².